The summed E-state index contributed by atoms with van der Waals surface area (Å²) in [7, 11) is 1.54. The molecular weight excluding hydrogens is 262 g/mol. The van der Waals surface area contributed by atoms with Crippen LogP contribution < -0.4 is 20.5 Å². The molecular formula is C12H17N5O3. The molecule has 20 heavy (non-hydrogen) atoms. The Kier molecular flexibility index (Phi) is 6.74. The molecule has 0 aliphatic carbocycles. The average Bonchev–Trinajstić information content (AvgIpc) is 2.48. The van der Waals surface area contributed by atoms with Crippen molar-refractivity contribution in [3.8, 4) is 11.5 Å². The molecule has 0 bridgehead atoms. The van der Waals surface area contributed by atoms with E-state index in [1.54, 1.807) is 18.2 Å². The Morgan fingerprint density at radius 3 is 2.55 bits per heavy atom. The van der Waals surface area contributed by atoms with Gasteiger partial charge < -0.3 is 20.5 Å². The number of azide groups is 1. The SMILES string of the molecule is CNC(=O)c1cc(OCCN)cc(OCCN=[N+]=[N-])c1. The van der Waals surface area contributed by atoms with E-state index >= 15 is 0 Å². The maximum Gasteiger partial charge on any atom is 0.251 e. The van der Waals surface area contributed by atoms with Gasteiger partial charge >= 0.3 is 0 Å². The fourth-order valence-electron chi connectivity index (χ4n) is 1.44. The number of amides is 1. The molecule has 8 nitrogen and oxygen atoms in total. The van der Waals surface area contributed by atoms with Crippen LogP contribution in [-0.2, 0) is 0 Å². The second-order valence-electron chi connectivity index (χ2n) is 3.71. The van der Waals surface area contributed by atoms with Gasteiger partial charge in [-0.25, -0.2) is 0 Å². The third-order valence-electron chi connectivity index (χ3n) is 2.28. The van der Waals surface area contributed by atoms with Crippen molar-refractivity contribution in [3.63, 3.8) is 0 Å². The van der Waals surface area contributed by atoms with Crippen LogP contribution in [0.5, 0.6) is 11.5 Å². The van der Waals surface area contributed by atoms with E-state index in [0.717, 1.165) is 0 Å². The summed E-state index contributed by atoms with van der Waals surface area (Å²) in [6.45, 7) is 1.14. The fraction of sp³-hybridized carbons (Fsp3) is 0.417. The molecule has 0 atom stereocenters. The Hall–Kier alpha value is -2.44. The van der Waals surface area contributed by atoms with Crippen LogP contribution in [0.1, 0.15) is 10.4 Å². The minimum Gasteiger partial charge on any atom is -0.493 e. The van der Waals surface area contributed by atoms with Crippen molar-refractivity contribution < 1.29 is 14.3 Å². The first-order chi connectivity index (χ1) is 9.71. The van der Waals surface area contributed by atoms with E-state index in [9.17, 15) is 4.79 Å². The van der Waals surface area contributed by atoms with Crippen LogP contribution in [0, 0.1) is 0 Å². The van der Waals surface area contributed by atoms with Gasteiger partial charge in [-0.05, 0) is 17.7 Å². The van der Waals surface area contributed by atoms with Crippen LogP contribution in [0.25, 0.3) is 10.4 Å². The standard InChI is InChI=1S/C12H17N5O3/c1-15-12(18)9-6-10(19-4-2-13)8-11(7-9)20-5-3-16-17-14/h6-8H,2-5,13H2,1H3,(H,15,18). The quantitative estimate of drug-likeness (QED) is 0.320. The fourth-order valence-corrected chi connectivity index (χ4v) is 1.44. The van der Waals surface area contributed by atoms with E-state index in [2.05, 4.69) is 15.3 Å². The Bertz CT molecular complexity index is 500. The molecule has 0 radical (unpaired) electrons. The molecule has 108 valence electrons. The van der Waals surface area contributed by atoms with Gasteiger partial charge in [0.25, 0.3) is 5.91 Å². The molecule has 0 heterocycles. The van der Waals surface area contributed by atoms with Crippen molar-refractivity contribution in [2.45, 2.75) is 0 Å². The summed E-state index contributed by atoms with van der Waals surface area (Å²) in [6, 6.07) is 4.84. The predicted molar refractivity (Wildman–Crippen MR) is 73.9 cm³/mol. The van der Waals surface area contributed by atoms with Crippen LogP contribution in [0.2, 0.25) is 0 Å². The van der Waals surface area contributed by atoms with Crippen LogP contribution in [0.3, 0.4) is 0 Å². The van der Waals surface area contributed by atoms with Crippen molar-refractivity contribution >= 4 is 5.91 Å². The number of rotatable bonds is 8. The summed E-state index contributed by atoms with van der Waals surface area (Å²) in [5.74, 6) is 0.713. The van der Waals surface area contributed by atoms with Crippen LogP contribution >= 0.6 is 0 Å². The maximum absolute atomic E-state index is 11.7. The zero-order valence-corrected chi connectivity index (χ0v) is 11.2. The number of carbonyl (C=O) groups excluding carboxylic acids is 1. The van der Waals surface area contributed by atoms with E-state index in [-0.39, 0.29) is 19.1 Å². The predicted octanol–water partition coefficient (Wildman–Crippen LogP) is 1.07. The summed E-state index contributed by atoms with van der Waals surface area (Å²) in [4.78, 5) is 14.3. The summed E-state index contributed by atoms with van der Waals surface area (Å²) in [6.07, 6.45) is 0. The number of hydrogen-bond donors (Lipinski definition) is 2. The molecule has 0 aromatic heterocycles. The molecule has 0 fully saturated rings. The van der Waals surface area contributed by atoms with Crippen molar-refractivity contribution in [1.82, 2.24) is 5.32 Å². The molecule has 0 unspecified atom stereocenters. The lowest BCUT2D eigenvalue weighted by Gasteiger charge is -2.11. The molecule has 1 aromatic carbocycles. The Morgan fingerprint density at radius 2 is 2.00 bits per heavy atom. The third kappa shape index (κ3) is 5.05. The Balaban J connectivity index is 2.84. The number of ether oxygens (including phenoxy) is 2. The first-order valence-corrected chi connectivity index (χ1v) is 6.05. The summed E-state index contributed by atoms with van der Waals surface area (Å²) >= 11 is 0. The van der Waals surface area contributed by atoms with Gasteiger partial charge in [-0.1, -0.05) is 5.11 Å². The number of hydrogen-bond acceptors (Lipinski definition) is 5. The van der Waals surface area contributed by atoms with Gasteiger partial charge in [-0.3, -0.25) is 4.79 Å². The molecule has 1 amide bonds. The second-order valence-corrected chi connectivity index (χ2v) is 3.71. The average molecular weight is 279 g/mol. The summed E-state index contributed by atoms with van der Waals surface area (Å²) in [5.41, 5.74) is 14.0. The monoisotopic (exact) mass is 279 g/mol. The summed E-state index contributed by atoms with van der Waals surface area (Å²) < 4.78 is 10.8. The number of benzene rings is 1. The second kappa shape index (κ2) is 8.63. The van der Waals surface area contributed by atoms with Gasteiger partial charge in [-0.15, -0.1) is 0 Å². The number of nitrogens with one attached hydrogen (secondary N) is 1. The minimum atomic E-state index is -0.247. The van der Waals surface area contributed by atoms with Crippen molar-refractivity contribution in [2.75, 3.05) is 33.4 Å². The van der Waals surface area contributed by atoms with Gasteiger partial charge in [0.2, 0.25) is 0 Å². The zero-order chi connectivity index (χ0) is 14.8. The lowest BCUT2D eigenvalue weighted by atomic mass is 10.2. The smallest absolute Gasteiger partial charge is 0.251 e. The lowest BCUT2D eigenvalue weighted by Crippen LogP contribution is -2.18. The van der Waals surface area contributed by atoms with Crippen LogP contribution in [0.15, 0.2) is 23.3 Å². The zero-order valence-electron chi connectivity index (χ0n) is 11.2. The molecule has 0 spiro atoms. The van der Waals surface area contributed by atoms with Gasteiger partial charge in [0.05, 0.1) is 13.2 Å². The number of nitrogens with zero attached hydrogens (tertiary/aromatic N) is 3. The third-order valence-corrected chi connectivity index (χ3v) is 2.28. The van der Waals surface area contributed by atoms with Gasteiger partial charge in [0.1, 0.15) is 18.1 Å². The van der Waals surface area contributed by atoms with E-state index in [4.69, 9.17) is 20.7 Å². The van der Waals surface area contributed by atoms with Crippen LogP contribution in [-0.4, -0.2) is 39.3 Å². The van der Waals surface area contributed by atoms with Crippen molar-refractivity contribution in [2.24, 2.45) is 10.8 Å². The van der Waals surface area contributed by atoms with Gasteiger partial charge in [0.15, 0.2) is 0 Å². The van der Waals surface area contributed by atoms with E-state index < -0.39 is 0 Å². The Labute approximate surface area is 116 Å². The Morgan fingerprint density at radius 1 is 1.35 bits per heavy atom. The maximum atomic E-state index is 11.7. The highest BCUT2D eigenvalue weighted by Crippen LogP contribution is 2.23. The van der Waals surface area contributed by atoms with Gasteiger partial charge in [-0.2, -0.15) is 0 Å². The topological polar surface area (TPSA) is 122 Å². The molecule has 0 aliphatic heterocycles. The largest absolute Gasteiger partial charge is 0.493 e. The van der Waals surface area contributed by atoms with Gasteiger partial charge in [0, 0.05) is 30.1 Å². The van der Waals surface area contributed by atoms with E-state index in [1.807, 2.05) is 0 Å². The molecule has 0 saturated heterocycles. The molecule has 3 N–H and O–H groups in total. The first-order valence-electron chi connectivity index (χ1n) is 6.05. The number of nitrogens with two attached hydrogens (primary N) is 1. The lowest BCUT2D eigenvalue weighted by molar-refractivity contribution is 0.0962. The molecule has 0 aliphatic rings. The highest BCUT2D eigenvalue weighted by Gasteiger charge is 2.09. The highest BCUT2D eigenvalue weighted by molar-refractivity contribution is 5.94. The number of carbonyl (C=O) groups is 1. The van der Waals surface area contributed by atoms with E-state index in [0.29, 0.717) is 30.2 Å². The highest BCUT2D eigenvalue weighted by atomic mass is 16.5. The molecule has 1 aromatic rings. The van der Waals surface area contributed by atoms with Crippen molar-refractivity contribution in [1.29, 1.82) is 0 Å². The normalized spacial score (nSPS) is 9.50. The molecule has 8 heteroatoms. The van der Waals surface area contributed by atoms with Crippen molar-refractivity contribution in [3.05, 3.63) is 34.2 Å². The molecule has 1 rings (SSSR count). The minimum absolute atomic E-state index is 0.208. The summed E-state index contributed by atoms with van der Waals surface area (Å²) in [5, 5.41) is 5.89. The first kappa shape index (κ1) is 15.6. The van der Waals surface area contributed by atoms with Crippen LogP contribution in [0.4, 0.5) is 0 Å². The molecule has 0 saturated carbocycles. The van der Waals surface area contributed by atoms with E-state index in [1.165, 1.54) is 7.05 Å².